The number of hydrogen-bond donors (Lipinski definition) is 1. The Kier molecular flexibility index (Phi) is 4.66. The topological polar surface area (TPSA) is 54.9 Å². The molecular weight excluding hydrogens is 278 g/mol. The predicted octanol–water partition coefficient (Wildman–Crippen LogP) is 2.22. The Bertz CT molecular complexity index is 303. The number of halogens is 1. The quantitative estimate of drug-likeness (QED) is 0.847. The molecule has 0 aromatic carbocycles. The average Bonchev–Trinajstić information content (AvgIpc) is 2.79. The molecule has 6 heteroatoms. The lowest BCUT2D eigenvalue weighted by molar-refractivity contribution is 0.0907. The van der Waals surface area contributed by atoms with E-state index in [1.165, 1.54) is 6.20 Å². The molecule has 0 aliphatic heterocycles. The van der Waals surface area contributed by atoms with Gasteiger partial charge in [0.25, 0.3) is 5.91 Å². The lowest BCUT2D eigenvalue weighted by atomic mass is 9.95. The van der Waals surface area contributed by atoms with Crippen molar-refractivity contribution in [2.45, 2.75) is 32.2 Å². The first-order valence-electron chi connectivity index (χ1n) is 4.83. The number of alkyl halides is 1. The number of amides is 1. The number of rotatable bonds is 5. The Morgan fingerprint density at radius 3 is 2.67 bits per heavy atom. The van der Waals surface area contributed by atoms with Gasteiger partial charge in [-0.2, -0.15) is 0 Å². The summed E-state index contributed by atoms with van der Waals surface area (Å²) in [7, 11) is 0. The molecule has 1 amide bonds. The summed E-state index contributed by atoms with van der Waals surface area (Å²) in [4.78, 5) is 12.4. The van der Waals surface area contributed by atoms with Crippen LogP contribution in [0.2, 0.25) is 0 Å². The first-order valence-corrected chi connectivity index (χ1v) is 6.72. The van der Waals surface area contributed by atoms with Crippen LogP contribution in [0, 0.1) is 0 Å². The van der Waals surface area contributed by atoms with E-state index in [0.717, 1.165) is 29.7 Å². The molecule has 0 atom stereocenters. The molecule has 0 unspecified atom stereocenters. The summed E-state index contributed by atoms with van der Waals surface area (Å²) in [6.45, 7) is 4.13. The van der Waals surface area contributed by atoms with Crippen LogP contribution in [-0.2, 0) is 0 Å². The SMILES string of the molecule is CCC(CC)(CBr)NC(=O)c1cnns1. The van der Waals surface area contributed by atoms with Crippen LogP contribution in [-0.4, -0.2) is 26.4 Å². The van der Waals surface area contributed by atoms with E-state index in [9.17, 15) is 4.79 Å². The molecule has 0 spiro atoms. The van der Waals surface area contributed by atoms with E-state index in [4.69, 9.17) is 0 Å². The van der Waals surface area contributed by atoms with Crippen LogP contribution in [0.25, 0.3) is 0 Å². The first kappa shape index (κ1) is 12.6. The Labute approximate surface area is 102 Å². The molecule has 1 N–H and O–H groups in total. The van der Waals surface area contributed by atoms with Crippen LogP contribution in [0.5, 0.6) is 0 Å². The third kappa shape index (κ3) is 2.98. The maximum absolute atomic E-state index is 11.8. The molecule has 0 radical (unpaired) electrons. The van der Waals surface area contributed by atoms with Crippen LogP contribution in [0.15, 0.2) is 6.20 Å². The fraction of sp³-hybridized carbons (Fsp3) is 0.667. The largest absolute Gasteiger partial charge is 0.345 e. The van der Waals surface area contributed by atoms with E-state index < -0.39 is 0 Å². The second-order valence-corrected chi connectivity index (χ2v) is 4.70. The first-order chi connectivity index (χ1) is 7.17. The highest BCUT2D eigenvalue weighted by atomic mass is 79.9. The molecule has 0 aliphatic rings. The monoisotopic (exact) mass is 291 g/mol. The second-order valence-electron chi connectivity index (χ2n) is 3.36. The summed E-state index contributed by atoms with van der Waals surface area (Å²) >= 11 is 4.56. The molecule has 0 saturated carbocycles. The highest BCUT2D eigenvalue weighted by molar-refractivity contribution is 9.09. The van der Waals surface area contributed by atoms with Crippen molar-refractivity contribution in [3.8, 4) is 0 Å². The van der Waals surface area contributed by atoms with Crippen molar-refractivity contribution in [1.82, 2.24) is 14.9 Å². The van der Waals surface area contributed by atoms with Crippen molar-refractivity contribution in [3.05, 3.63) is 11.1 Å². The van der Waals surface area contributed by atoms with Gasteiger partial charge in [-0.3, -0.25) is 4.79 Å². The van der Waals surface area contributed by atoms with Crippen molar-refractivity contribution in [1.29, 1.82) is 0 Å². The lowest BCUT2D eigenvalue weighted by Gasteiger charge is -2.30. The Balaban J connectivity index is 2.71. The van der Waals surface area contributed by atoms with Gasteiger partial charge in [-0.25, -0.2) is 0 Å². The minimum absolute atomic E-state index is 0.0897. The second kappa shape index (κ2) is 5.55. The maximum atomic E-state index is 11.8. The number of hydrogen-bond acceptors (Lipinski definition) is 4. The van der Waals surface area contributed by atoms with Crippen LogP contribution in [0.1, 0.15) is 36.4 Å². The van der Waals surface area contributed by atoms with Crippen molar-refractivity contribution in [3.63, 3.8) is 0 Å². The van der Waals surface area contributed by atoms with Gasteiger partial charge < -0.3 is 5.32 Å². The highest BCUT2D eigenvalue weighted by Crippen LogP contribution is 2.19. The Hall–Kier alpha value is -0.490. The normalized spacial score (nSPS) is 11.4. The van der Waals surface area contributed by atoms with E-state index in [2.05, 4.69) is 44.7 Å². The summed E-state index contributed by atoms with van der Waals surface area (Å²) in [6, 6.07) is 0. The fourth-order valence-electron chi connectivity index (χ4n) is 1.22. The van der Waals surface area contributed by atoms with E-state index in [0.29, 0.717) is 4.88 Å². The fourth-order valence-corrected chi connectivity index (χ4v) is 2.56. The zero-order valence-corrected chi connectivity index (χ0v) is 11.2. The number of carbonyl (C=O) groups is 1. The smallest absolute Gasteiger partial charge is 0.265 e. The van der Waals surface area contributed by atoms with Gasteiger partial charge in [0.05, 0.1) is 6.20 Å². The van der Waals surface area contributed by atoms with Crippen LogP contribution >= 0.6 is 27.5 Å². The molecular formula is C9H14BrN3OS. The zero-order valence-electron chi connectivity index (χ0n) is 8.79. The van der Waals surface area contributed by atoms with E-state index in [1.807, 2.05) is 0 Å². The molecule has 0 fully saturated rings. The van der Waals surface area contributed by atoms with E-state index in [-0.39, 0.29) is 11.4 Å². The summed E-state index contributed by atoms with van der Waals surface area (Å²) < 4.78 is 3.67. The third-order valence-corrected chi connectivity index (χ3v) is 4.31. The van der Waals surface area contributed by atoms with Gasteiger partial charge in [0.2, 0.25) is 0 Å². The van der Waals surface area contributed by atoms with Gasteiger partial charge in [0.1, 0.15) is 4.88 Å². The van der Waals surface area contributed by atoms with Gasteiger partial charge in [-0.05, 0) is 24.4 Å². The summed E-state index contributed by atoms with van der Waals surface area (Å²) in [5.74, 6) is -0.0897. The molecule has 1 aromatic rings. The predicted molar refractivity (Wildman–Crippen MR) is 64.5 cm³/mol. The minimum Gasteiger partial charge on any atom is -0.345 e. The molecule has 84 valence electrons. The summed E-state index contributed by atoms with van der Waals surface area (Å²) in [6.07, 6.45) is 3.28. The van der Waals surface area contributed by atoms with Gasteiger partial charge in [-0.1, -0.05) is 34.3 Å². The third-order valence-electron chi connectivity index (χ3n) is 2.57. The van der Waals surface area contributed by atoms with Crippen molar-refractivity contribution < 1.29 is 4.79 Å². The Morgan fingerprint density at radius 1 is 1.60 bits per heavy atom. The average molecular weight is 292 g/mol. The molecule has 0 saturated heterocycles. The van der Waals surface area contributed by atoms with Gasteiger partial charge in [0, 0.05) is 10.9 Å². The molecule has 1 rings (SSSR count). The van der Waals surface area contributed by atoms with Gasteiger partial charge >= 0.3 is 0 Å². The maximum Gasteiger partial charge on any atom is 0.265 e. The van der Waals surface area contributed by atoms with E-state index in [1.54, 1.807) is 0 Å². The Morgan fingerprint density at radius 2 is 2.27 bits per heavy atom. The van der Waals surface area contributed by atoms with Crippen molar-refractivity contribution in [2.75, 3.05) is 5.33 Å². The number of nitrogens with one attached hydrogen (secondary N) is 1. The minimum atomic E-state index is -0.166. The summed E-state index contributed by atoms with van der Waals surface area (Å²) in [5.41, 5.74) is -0.166. The zero-order chi connectivity index (χ0) is 11.3. The molecule has 4 nitrogen and oxygen atoms in total. The number of aromatic nitrogens is 2. The standard InChI is InChI=1S/C9H14BrN3OS/c1-3-9(4-2,6-10)12-8(14)7-5-11-13-15-7/h5H,3-4,6H2,1-2H3,(H,12,14). The number of carbonyl (C=O) groups excluding carboxylic acids is 1. The van der Waals surface area contributed by atoms with Crippen molar-refractivity contribution in [2.24, 2.45) is 0 Å². The lowest BCUT2D eigenvalue weighted by Crippen LogP contribution is -2.48. The van der Waals surface area contributed by atoms with Crippen LogP contribution in [0.3, 0.4) is 0 Å². The molecule has 1 aromatic heterocycles. The summed E-state index contributed by atoms with van der Waals surface area (Å²) in [5, 5.41) is 7.43. The van der Waals surface area contributed by atoms with Crippen LogP contribution in [0.4, 0.5) is 0 Å². The van der Waals surface area contributed by atoms with Gasteiger partial charge in [-0.15, -0.1) is 5.10 Å². The van der Waals surface area contributed by atoms with Crippen LogP contribution < -0.4 is 5.32 Å². The van der Waals surface area contributed by atoms with Crippen molar-refractivity contribution >= 4 is 33.4 Å². The molecule has 15 heavy (non-hydrogen) atoms. The molecule has 0 aliphatic carbocycles. The van der Waals surface area contributed by atoms with Gasteiger partial charge in [0.15, 0.2) is 0 Å². The highest BCUT2D eigenvalue weighted by Gasteiger charge is 2.27. The molecule has 0 bridgehead atoms. The van der Waals surface area contributed by atoms with E-state index >= 15 is 0 Å². The number of nitrogens with zero attached hydrogens (tertiary/aromatic N) is 2. The molecule has 1 heterocycles.